The molecule has 0 bridgehead atoms. The average molecular weight is 947 g/mol. The highest BCUT2D eigenvalue weighted by molar-refractivity contribution is 5.91. The second kappa shape index (κ2) is 21.6. The lowest BCUT2D eigenvalue weighted by Gasteiger charge is -2.28. The fourth-order valence-electron chi connectivity index (χ4n) is 9.44. The van der Waals surface area contributed by atoms with Crippen molar-refractivity contribution in [3.8, 4) is 102 Å². The molecule has 4 heteroatoms. The summed E-state index contributed by atoms with van der Waals surface area (Å²) in [6, 6.07) is 91.8. The molecule has 11 rings (SSSR count). The van der Waals surface area contributed by atoms with Gasteiger partial charge in [0.1, 0.15) is 0 Å². The first-order valence-corrected chi connectivity index (χ1v) is 24.8. The summed E-state index contributed by atoms with van der Waals surface area (Å²) in [7, 11) is 0. The molecule has 0 atom stereocenters. The van der Waals surface area contributed by atoms with E-state index in [4.69, 9.17) is 21.4 Å². The Labute approximate surface area is 434 Å². The summed E-state index contributed by atoms with van der Waals surface area (Å²) in [5.41, 5.74) is 18.6. The maximum atomic E-state index is 5.80. The lowest BCUT2D eigenvalue weighted by atomic mass is 9.92. The summed E-state index contributed by atoms with van der Waals surface area (Å²) in [5, 5.41) is 0. The van der Waals surface area contributed by atoms with Gasteiger partial charge in [-0.25, -0.2) is 15.0 Å². The van der Waals surface area contributed by atoms with Crippen LogP contribution in [0.4, 0.5) is 17.1 Å². The van der Waals surface area contributed by atoms with E-state index in [1.807, 2.05) is 66.7 Å². The van der Waals surface area contributed by atoms with Crippen molar-refractivity contribution in [3.05, 3.63) is 285 Å². The Bertz CT molecular complexity index is 3750. The van der Waals surface area contributed by atoms with E-state index < -0.39 is 0 Å². The Hall–Kier alpha value is -9.95. The first-order valence-electron chi connectivity index (χ1n) is 24.8. The molecule has 1 aromatic heterocycles. The molecule has 0 spiro atoms. The molecule has 11 aromatic rings. The Balaban J connectivity index is 1.17. The van der Waals surface area contributed by atoms with Gasteiger partial charge in [-0.1, -0.05) is 206 Å². The fourth-order valence-corrected chi connectivity index (χ4v) is 9.44. The number of terminal acetylenes is 1. The monoisotopic (exact) mass is 946 g/mol. The Kier molecular flexibility index (Phi) is 13.5. The smallest absolute Gasteiger partial charge is 0.164 e. The molecule has 350 valence electrons. The predicted octanol–water partition coefficient (Wildman–Crippen LogP) is 18.3. The first kappa shape index (κ1) is 46.4. The Morgan fingerprint density at radius 1 is 0.338 bits per heavy atom. The van der Waals surface area contributed by atoms with Crippen LogP contribution in [0.5, 0.6) is 0 Å². The van der Waals surface area contributed by atoms with Crippen molar-refractivity contribution in [2.75, 3.05) is 4.90 Å². The van der Waals surface area contributed by atoms with Crippen LogP contribution in [-0.4, -0.2) is 15.0 Å². The van der Waals surface area contributed by atoms with Gasteiger partial charge < -0.3 is 4.90 Å². The second-order valence-electron chi connectivity index (χ2n) is 18.0. The molecule has 0 aliphatic carbocycles. The number of hydrogen-bond acceptors (Lipinski definition) is 4. The molecule has 10 aromatic carbocycles. The van der Waals surface area contributed by atoms with Crippen molar-refractivity contribution >= 4 is 22.6 Å². The molecule has 0 fully saturated rings. The molecule has 0 saturated carbocycles. The molecule has 0 radical (unpaired) electrons. The Morgan fingerprint density at radius 2 is 0.662 bits per heavy atom. The summed E-state index contributed by atoms with van der Waals surface area (Å²) in [6.45, 7) is 2.06. The van der Waals surface area contributed by atoms with Gasteiger partial charge in [0.25, 0.3) is 0 Å². The molecule has 1 heterocycles. The molecule has 0 unspecified atom stereocenters. The molecule has 4 nitrogen and oxygen atoms in total. The van der Waals surface area contributed by atoms with E-state index >= 15 is 0 Å². The minimum absolute atomic E-state index is 0.584. The van der Waals surface area contributed by atoms with E-state index in [9.17, 15) is 0 Å². The van der Waals surface area contributed by atoms with Crippen molar-refractivity contribution in [1.82, 2.24) is 15.0 Å². The number of hydrogen-bond donors (Lipinski definition) is 0. The standard InChI is InChI=1S/C70H50N4/c1-3-5-24-50(4-2)60-42-61(53-29-16-8-17-30-53)47-66(46-60)74(65-39-37-55(38-40-65)51-25-12-6-13-26-51)67-48-62(54-31-18-9-19-32-54)43-63(49-67)59-41-58(52-27-14-7-15-28-52)44-64(45-59)70-72-68(56-33-20-10-21-34-56)71-69(73-70)57-35-22-11-23-36-57/h1,4-49H,2H3. The molecule has 0 saturated heterocycles. The SMILES string of the molecule is C#CC=CC(=CC)c1cc(-c2ccccc2)cc(N(c2ccc(-c3ccccc3)cc2)c2cc(-c3ccccc3)cc(-c3cc(-c4ccccc4)cc(-c4nc(-c5ccccc5)nc(-c5ccccc5)n4)c3)c2)c1. The highest BCUT2D eigenvalue weighted by atomic mass is 15.1. The summed E-state index contributed by atoms with van der Waals surface area (Å²) in [4.78, 5) is 17.9. The number of anilines is 3. The zero-order valence-corrected chi connectivity index (χ0v) is 40.9. The number of rotatable bonds is 13. The fraction of sp³-hybridized carbons (Fsp3) is 0.0143. The van der Waals surface area contributed by atoms with E-state index in [1.165, 1.54) is 0 Å². The van der Waals surface area contributed by atoms with E-state index in [2.05, 4.69) is 224 Å². The van der Waals surface area contributed by atoms with Gasteiger partial charge in [0.15, 0.2) is 17.5 Å². The van der Waals surface area contributed by atoms with Crippen molar-refractivity contribution < 1.29 is 0 Å². The van der Waals surface area contributed by atoms with Gasteiger partial charge in [0, 0.05) is 33.8 Å². The van der Waals surface area contributed by atoms with Crippen molar-refractivity contribution in [3.63, 3.8) is 0 Å². The van der Waals surface area contributed by atoms with Crippen LogP contribution in [0.25, 0.3) is 95.4 Å². The molecular weight excluding hydrogens is 897 g/mol. The Morgan fingerprint density at radius 3 is 1.09 bits per heavy atom. The maximum Gasteiger partial charge on any atom is 0.164 e. The van der Waals surface area contributed by atoms with Crippen LogP contribution >= 0.6 is 0 Å². The van der Waals surface area contributed by atoms with Gasteiger partial charge >= 0.3 is 0 Å². The maximum absolute atomic E-state index is 5.80. The van der Waals surface area contributed by atoms with Crippen LogP contribution in [0.15, 0.2) is 279 Å². The third-order valence-electron chi connectivity index (χ3n) is 13.1. The number of allylic oxidation sites excluding steroid dienone is 4. The molecule has 74 heavy (non-hydrogen) atoms. The van der Waals surface area contributed by atoms with Gasteiger partial charge in [0.2, 0.25) is 0 Å². The third kappa shape index (κ3) is 10.3. The highest BCUT2D eigenvalue weighted by Crippen LogP contribution is 2.44. The summed E-state index contributed by atoms with van der Waals surface area (Å²) in [6.07, 6.45) is 11.7. The van der Waals surface area contributed by atoms with Crippen LogP contribution in [0.1, 0.15) is 12.5 Å². The first-order chi connectivity index (χ1) is 36.6. The largest absolute Gasteiger partial charge is 0.310 e. The number of nitrogens with zero attached hydrogens (tertiary/aromatic N) is 4. The minimum atomic E-state index is 0.584. The summed E-state index contributed by atoms with van der Waals surface area (Å²) in [5.74, 6) is 4.51. The topological polar surface area (TPSA) is 41.9 Å². The molecule has 0 aliphatic heterocycles. The van der Waals surface area contributed by atoms with Gasteiger partial charge in [-0.15, -0.1) is 6.42 Å². The van der Waals surface area contributed by atoms with Crippen molar-refractivity contribution in [1.29, 1.82) is 0 Å². The zero-order chi connectivity index (χ0) is 50.1. The zero-order valence-electron chi connectivity index (χ0n) is 40.9. The number of benzene rings is 10. The van der Waals surface area contributed by atoms with Crippen molar-refractivity contribution in [2.24, 2.45) is 0 Å². The van der Waals surface area contributed by atoms with Crippen LogP contribution in [0.2, 0.25) is 0 Å². The van der Waals surface area contributed by atoms with Gasteiger partial charge in [-0.3, -0.25) is 0 Å². The second-order valence-corrected chi connectivity index (χ2v) is 18.0. The van der Waals surface area contributed by atoms with Crippen molar-refractivity contribution in [2.45, 2.75) is 6.92 Å². The number of aromatic nitrogens is 3. The third-order valence-corrected chi connectivity index (χ3v) is 13.1. The van der Waals surface area contributed by atoms with Gasteiger partial charge in [0.05, 0.1) is 0 Å². The summed E-state index contributed by atoms with van der Waals surface area (Å²) >= 11 is 0. The van der Waals surface area contributed by atoms with Crippen LogP contribution in [0, 0.1) is 12.3 Å². The van der Waals surface area contributed by atoms with E-state index in [-0.39, 0.29) is 0 Å². The lowest BCUT2D eigenvalue weighted by Crippen LogP contribution is -2.11. The molecule has 0 N–H and O–H groups in total. The van der Waals surface area contributed by atoms with E-state index in [1.54, 1.807) is 6.08 Å². The quantitative estimate of drug-likeness (QED) is 0.0853. The van der Waals surface area contributed by atoms with Gasteiger partial charge in [-0.2, -0.15) is 0 Å². The lowest BCUT2D eigenvalue weighted by molar-refractivity contribution is 1.07. The van der Waals surface area contributed by atoms with Crippen LogP contribution < -0.4 is 4.90 Å². The van der Waals surface area contributed by atoms with Crippen LogP contribution in [-0.2, 0) is 0 Å². The summed E-state index contributed by atoms with van der Waals surface area (Å²) < 4.78 is 0. The molecular formula is C70H50N4. The molecule has 0 amide bonds. The van der Waals surface area contributed by atoms with E-state index in [0.29, 0.717) is 17.5 Å². The van der Waals surface area contributed by atoms with Crippen LogP contribution in [0.3, 0.4) is 0 Å². The molecule has 0 aliphatic rings. The minimum Gasteiger partial charge on any atom is -0.310 e. The predicted molar refractivity (Wildman–Crippen MR) is 310 cm³/mol. The van der Waals surface area contributed by atoms with Gasteiger partial charge in [-0.05, 0) is 153 Å². The normalized spacial score (nSPS) is 11.3. The van der Waals surface area contributed by atoms with E-state index in [0.717, 1.165) is 101 Å². The highest BCUT2D eigenvalue weighted by Gasteiger charge is 2.21. The average Bonchev–Trinajstić information content (AvgIpc) is 3.48.